The summed E-state index contributed by atoms with van der Waals surface area (Å²) in [5.41, 5.74) is 0.664. The van der Waals surface area contributed by atoms with Crippen molar-refractivity contribution in [2.75, 3.05) is 11.9 Å². The predicted molar refractivity (Wildman–Crippen MR) is 82.3 cm³/mol. The molecule has 118 valence electrons. The highest BCUT2D eigenvalue weighted by atomic mass is 19.1. The Morgan fingerprint density at radius 3 is 2.73 bits per heavy atom. The van der Waals surface area contributed by atoms with Crippen LogP contribution in [0.25, 0.3) is 0 Å². The van der Waals surface area contributed by atoms with Gasteiger partial charge < -0.3 is 9.84 Å². The van der Waals surface area contributed by atoms with E-state index in [1.807, 2.05) is 26.8 Å². The molecule has 2 amide bonds. The van der Waals surface area contributed by atoms with E-state index in [0.29, 0.717) is 24.5 Å². The topological polar surface area (TPSA) is 67.2 Å². The lowest BCUT2D eigenvalue weighted by atomic mass is 9.93. The quantitative estimate of drug-likeness (QED) is 0.909. The molecular formula is C16H20FN3O2. The molecule has 5 nitrogen and oxygen atoms in total. The van der Waals surface area contributed by atoms with E-state index in [4.69, 9.17) is 4.52 Å². The second-order valence-electron chi connectivity index (χ2n) is 6.09. The molecule has 2 rings (SSSR count). The van der Waals surface area contributed by atoms with Crippen molar-refractivity contribution in [3.8, 4) is 0 Å². The number of anilines is 1. The molecule has 0 unspecified atom stereocenters. The number of nitrogens with zero attached hydrogens (tertiary/aromatic N) is 1. The Morgan fingerprint density at radius 2 is 2.09 bits per heavy atom. The van der Waals surface area contributed by atoms with Crippen molar-refractivity contribution < 1.29 is 13.7 Å². The van der Waals surface area contributed by atoms with Crippen molar-refractivity contribution in [1.29, 1.82) is 0 Å². The van der Waals surface area contributed by atoms with Crippen molar-refractivity contribution >= 4 is 11.8 Å². The van der Waals surface area contributed by atoms with Crippen LogP contribution in [-0.2, 0) is 11.8 Å². The summed E-state index contributed by atoms with van der Waals surface area (Å²) in [6.45, 7) is 6.39. The standard InChI is InChI=1S/C16H20FN3O2/c1-16(2,3)13-10-14(20-22-13)19-15(21)18-8-7-11-5-4-6-12(17)9-11/h4-6,9-10H,7-8H2,1-3H3,(H2,18,19,20,21). The number of hydrogen-bond acceptors (Lipinski definition) is 3. The van der Waals surface area contributed by atoms with Gasteiger partial charge in [-0.15, -0.1) is 0 Å². The SMILES string of the molecule is CC(C)(C)c1cc(NC(=O)NCCc2cccc(F)c2)no1. The second kappa shape index (κ2) is 6.60. The maximum absolute atomic E-state index is 13.0. The zero-order chi connectivity index (χ0) is 16.2. The monoisotopic (exact) mass is 305 g/mol. The van der Waals surface area contributed by atoms with Crippen LogP contribution in [0, 0.1) is 5.82 Å². The van der Waals surface area contributed by atoms with Gasteiger partial charge in [-0.3, -0.25) is 5.32 Å². The summed E-state index contributed by atoms with van der Waals surface area (Å²) >= 11 is 0. The first-order chi connectivity index (χ1) is 10.3. The van der Waals surface area contributed by atoms with Gasteiger partial charge in [0.05, 0.1) is 0 Å². The fraction of sp³-hybridized carbons (Fsp3) is 0.375. The molecule has 0 aliphatic carbocycles. The first-order valence-electron chi connectivity index (χ1n) is 7.11. The zero-order valence-electron chi connectivity index (χ0n) is 12.9. The number of carbonyl (C=O) groups excluding carboxylic acids is 1. The molecule has 22 heavy (non-hydrogen) atoms. The Kier molecular flexibility index (Phi) is 4.80. The van der Waals surface area contributed by atoms with E-state index in [9.17, 15) is 9.18 Å². The Hall–Kier alpha value is -2.37. The van der Waals surface area contributed by atoms with Crippen LogP contribution in [0.2, 0.25) is 0 Å². The number of nitrogens with one attached hydrogen (secondary N) is 2. The number of benzene rings is 1. The highest BCUT2D eigenvalue weighted by Gasteiger charge is 2.20. The summed E-state index contributed by atoms with van der Waals surface area (Å²) in [4.78, 5) is 11.8. The average Bonchev–Trinajstić information content (AvgIpc) is 2.87. The van der Waals surface area contributed by atoms with Crippen molar-refractivity contribution in [2.24, 2.45) is 0 Å². The summed E-state index contributed by atoms with van der Waals surface area (Å²) in [5.74, 6) is 0.787. The van der Waals surface area contributed by atoms with Gasteiger partial charge >= 0.3 is 6.03 Å². The normalized spacial score (nSPS) is 11.3. The zero-order valence-corrected chi connectivity index (χ0v) is 12.9. The molecule has 2 aromatic rings. The number of aromatic nitrogens is 1. The van der Waals surface area contributed by atoms with E-state index in [2.05, 4.69) is 15.8 Å². The van der Waals surface area contributed by atoms with Gasteiger partial charge in [0.1, 0.15) is 11.6 Å². The van der Waals surface area contributed by atoms with Gasteiger partial charge in [0.15, 0.2) is 5.82 Å². The van der Waals surface area contributed by atoms with Crippen LogP contribution < -0.4 is 10.6 Å². The molecule has 1 heterocycles. The lowest BCUT2D eigenvalue weighted by Gasteiger charge is -2.12. The highest BCUT2D eigenvalue weighted by molar-refractivity contribution is 5.88. The number of halogens is 1. The van der Waals surface area contributed by atoms with Crippen LogP contribution in [0.4, 0.5) is 15.0 Å². The number of hydrogen-bond donors (Lipinski definition) is 2. The Bertz CT molecular complexity index is 647. The number of carbonyl (C=O) groups is 1. The van der Waals surface area contributed by atoms with E-state index in [1.54, 1.807) is 12.1 Å². The van der Waals surface area contributed by atoms with Crippen molar-refractivity contribution in [1.82, 2.24) is 10.5 Å². The minimum atomic E-state index is -0.370. The first-order valence-corrected chi connectivity index (χ1v) is 7.11. The van der Waals surface area contributed by atoms with Crippen LogP contribution in [-0.4, -0.2) is 17.7 Å². The van der Waals surface area contributed by atoms with Gasteiger partial charge in [-0.2, -0.15) is 0 Å². The van der Waals surface area contributed by atoms with Gasteiger partial charge in [-0.25, -0.2) is 9.18 Å². The molecular weight excluding hydrogens is 285 g/mol. The molecule has 0 fully saturated rings. The molecule has 1 aromatic heterocycles. The average molecular weight is 305 g/mol. The van der Waals surface area contributed by atoms with Crippen LogP contribution in [0.15, 0.2) is 34.9 Å². The smallest absolute Gasteiger partial charge is 0.320 e. The van der Waals surface area contributed by atoms with Gasteiger partial charge in [0.25, 0.3) is 0 Å². The largest absolute Gasteiger partial charge is 0.359 e. The number of urea groups is 1. The Labute approximate surface area is 128 Å². The minimum Gasteiger partial charge on any atom is -0.359 e. The van der Waals surface area contributed by atoms with Crippen LogP contribution >= 0.6 is 0 Å². The molecule has 0 aliphatic heterocycles. The van der Waals surface area contributed by atoms with E-state index < -0.39 is 0 Å². The molecule has 0 bridgehead atoms. The summed E-state index contributed by atoms with van der Waals surface area (Å²) < 4.78 is 18.2. The third-order valence-electron chi connectivity index (χ3n) is 3.08. The second-order valence-corrected chi connectivity index (χ2v) is 6.09. The molecule has 0 atom stereocenters. The number of amides is 2. The molecule has 1 aromatic carbocycles. The molecule has 6 heteroatoms. The van der Waals surface area contributed by atoms with E-state index in [1.165, 1.54) is 12.1 Å². The van der Waals surface area contributed by atoms with E-state index in [-0.39, 0.29) is 17.3 Å². The van der Waals surface area contributed by atoms with Gasteiger partial charge in [0.2, 0.25) is 0 Å². The van der Waals surface area contributed by atoms with Crippen molar-refractivity contribution in [2.45, 2.75) is 32.6 Å². The third kappa shape index (κ3) is 4.58. The van der Waals surface area contributed by atoms with Crippen LogP contribution in [0.1, 0.15) is 32.1 Å². The lowest BCUT2D eigenvalue weighted by molar-refractivity contribution is 0.252. The van der Waals surface area contributed by atoms with Crippen LogP contribution in [0.3, 0.4) is 0 Å². The first kappa shape index (κ1) is 16.0. The summed E-state index contributed by atoms with van der Waals surface area (Å²) in [7, 11) is 0. The fourth-order valence-corrected chi connectivity index (χ4v) is 1.86. The van der Waals surface area contributed by atoms with Crippen LogP contribution in [0.5, 0.6) is 0 Å². The number of rotatable bonds is 4. The minimum absolute atomic E-state index is 0.166. The molecule has 0 spiro atoms. The Balaban J connectivity index is 1.80. The predicted octanol–water partition coefficient (Wildman–Crippen LogP) is 3.48. The van der Waals surface area contributed by atoms with Gasteiger partial charge in [0, 0.05) is 18.0 Å². The summed E-state index contributed by atoms with van der Waals surface area (Å²) in [6, 6.07) is 7.63. The van der Waals surface area contributed by atoms with Crippen molar-refractivity contribution in [3.63, 3.8) is 0 Å². The third-order valence-corrected chi connectivity index (χ3v) is 3.08. The van der Waals surface area contributed by atoms with E-state index in [0.717, 1.165) is 5.56 Å². The lowest BCUT2D eigenvalue weighted by Crippen LogP contribution is -2.30. The van der Waals surface area contributed by atoms with Gasteiger partial charge in [-0.1, -0.05) is 38.1 Å². The Morgan fingerprint density at radius 1 is 1.32 bits per heavy atom. The fourth-order valence-electron chi connectivity index (χ4n) is 1.86. The molecule has 0 aliphatic rings. The summed E-state index contributed by atoms with van der Waals surface area (Å²) in [6.07, 6.45) is 0.553. The van der Waals surface area contributed by atoms with Gasteiger partial charge in [-0.05, 0) is 24.1 Å². The maximum atomic E-state index is 13.0. The molecule has 0 saturated carbocycles. The highest BCUT2D eigenvalue weighted by Crippen LogP contribution is 2.24. The summed E-state index contributed by atoms with van der Waals surface area (Å²) in [5, 5.41) is 9.10. The molecule has 0 saturated heterocycles. The van der Waals surface area contributed by atoms with E-state index >= 15 is 0 Å². The molecule has 2 N–H and O–H groups in total. The maximum Gasteiger partial charge on any atom is 0.320 e. The molecule has 0 radical (unpaired) electrons. The van der Waals surface area contributed by atoms with Crippen molar-refractivity contribution in [3.05, 3.63) is 47.5 Å².